The zero-order valence-corrected chi connectivity index (χ0v) is 38.7. The molecule has 4 heterocycles. The number of fused-ring (bicyclic) bond motifs is 2. The zero-order valence-electron chi connectivity index (χ0n) is 37.7. The van der Waals surface area contributed by atoms with E-state index in [1.807, 2.05) is 53.3 Å². The molecule has 3 aromatic heterocycles. The van der Waals surface area contributed by atoms with E-state index in [1.165, 1.54) is 0 Å². The lowest BCUT2D eigenvalue weighted by molar-refractivity contribution is 0.0544. The van der Waals surface area contributed by atoms with Crippen molar-refractivity contribution in [2.75, 3.05) is 38.6 Å². The van der Waals surface area contributed by atoms with Gasteiger partial charge in [0.15, 0.2) is 19.8 Å². The number of rotatable bonds is 13. The zero-order chi connectivity index (χ0) is 42.9. The Morgan fingerprint density at radius 1 is 0.900 bits per heavy atom. The van der Waals surface area contributed by atoms with Gasteiger partial charge in [0.1, 0.15) is 17.7 Å². The highest BCUT2D eigenvalue weighted by Crippen LogP contribution is 2.43. The van der Waals surface area contributed by atoms with Crippen molar-refractivity contribution in [1.82, 2.24) is 39.5 Å². The molecule has 2 aromatic carbocycles. The SMILES string of the molecule is Cc1ccc(-n2nc(C(C)(C)C)cc2NC(=O)N[C@H]2CC[C@@H](Oc3ccc4nnc(CN5CCN(C)C(CO[Si](C(C)C)(C(C)C)C(C)C)C5)n4c3)c3ccccc32)cc1. The molecule has 5 aromatic rings. The fourth-order valence-electron chi connectivity index (χ4n) is 9.59. The van der Waals surface area contributed by atoms with Crippen LogP contribution in [0.25, 0.3) is 11.3 Å². The fourth-order valence-corrected chi connectivity index (χ4v) is 15.1. The number of likely N-dealkylation sites (N-methyl/N-ethyl adjacent to an activating group) is 1. The molecule has 7 rings (SSSR count). The van der Waals surface area contributed by atoms with E-state index < -0.39 is 8.32 Å². The van der Waals surface area contributed by atoms with Crippen LogP contribution in [-0.2, 0) is 16.4 Å². The molecule has 13 heteroatoms. The van der Waals surface area contributed by atoms with Gasteiger partial charge in [-0.15, -0.1) is 10.2 Å². The van der Waals surface area contributed by atoms with Gasteiger partial charge < -0.3 is 14.5 Å². The maximum Gasteiger partial charge on any atom is 0.320 e. The Balaban J connectivity index is 1.02. The highest BCUT2D eigenvalue weighted by Gasteiger charge is 2.46. The highest BCUT2D eigenvalue weighted by atomic mass is 28.4. The van der Waals surface area contributed by atoms with Gasteiger partial charge in [-0.3, -0.25) is 19.5 Å². The first-order valence-corrected chi connectivity index (χ1v) is 24.1. The average Bonchev–Trinajstić information content (AvgIpc) is 3.81. The molecule has 1 aliphatic heterocycles. The minimum atomic E-state index is -1.96. The number of piperazine rings is 1. The molecular weight excluding hydrogens is 767 g/mol. The van der Waals surface area contributed by atoms with Crippen molar-refractivity contribution < 1.29 is 14.0 Å². The second-order valence-corrected chi connectivity index (χ2v) is 24.5. The van der Waals surface area contributed by atoms with Crippen LogP contribution in [0.3, 0.4) is 0 Å². The monoisotopic (exact) mass is 834 g/mol. The molecule has 322 valence electrons. The number of aromatic nitrogens is 5. The summed E-state index contributed by atoms with van der Waals surface area (Å²) >= 11 is 0. The van der Waals surface area contributed by atoms with Crippen molar-refractivity contribution in [2.45, 2.75) is 129 Å². The van der Waals surface area contributed by atoms with Crippen molar-refractivity contribution in [3.8, 4) is 11.4 Å². The van der Waals surface area contributed by atoms with Gasteiger partial charge in [0.25, 0.3) is 0 Å². The van der Waals surface area contributed by atoms with Crippen LogP contribution in [-0.4, -0.2) is 87.9 Å². The van der Waals surface area contributed by atoms with E-state index in [0.29, 0.717) is 35.0 Å². The number of amides is 2. The Kier molecular flexibility index (Phi) is 12.9. The quantitative estimate of drug-likeness (QED) is 0.113. The predicted molar refractivity (Wildman–Crippen MR) is 243 cm³/mol. The third kappa shape index (κ3) is 9.19. The molecule has 0 bridgehead atoms. The van der Waals surface area contributed by atoms with Crippen molar-refractivity contribution in [2.24, 2.45) is 0 Å². The molecule has 60 heavy (non-hydrogen) atoms. The Labute approximate surface area is 358 Å². The van der Waals surface area contributed by atoms with Crippen LogP contribution in [0.15, 0.2) is 72.9 Å². The van der Waals surface area contributed by atoms with E-state index in [2.05, 4.69) is 136 Å². The van der Waals surface area contributed by atoms with Gasteiger partial charge in [-0.25, -0.2) is 9.48 Å². The molecule has 0 spiro atoms. The molecule has 0 radical (unpaired) electrons. The summed E-state index contributed by atoms with van der Waals surface area (Å²) in [5, 5.41) is 20.4. The lowest BCUT2D eigenvalue weighted by Gasteiger charge is -2.45. The van der Waals surface area contributed by atoms with E-state index in [4.69, 9.17) is 14.3 Å². The number of pyridine rings is 1. The lowest BCUT2D eigenvalue weighted by atomic mass is 9.85. The number of hydrogen-bond donors (Lipinski definition) is 2. The van der Waals surface area contributed by atoms with E-state index in [0.717, 1.165) is 84.4 Å². The van der Waals surface area contributed by atoms with Crippen molar-refractivity contribution in [1.29, 1.82) is 0 Å². The van der Waals surface area contributed by atoms with Gasteiger partial charge in [-0.2, -0.15) is 5.10 Å². The molecule has 0 saturated carbocycles. The largest absolute Gasteiger partial charge is 0.484 e. The summed E-state index contributed by atoms with van der Waals surface area (Å²) < 4.78 is 17.7. The summed E-state index contributed by atoms with van der Waals surface area (Å²) in [6.07, 6.45) is 3.32. The summed E-state index contributed by atoms with van der Waals surface area (Å²) in [4.78, 5) is 18.6. The second kappa shape index (κ2) is 17.8. The third-order valence-corrected chi connectivity index (χ3v) is 19.0. The normalized spacial score (nSPS) is 19.3. The van der Waals surface area contributed by atoms with Gasteiger partial charge >= 0.3 is 6.03 Å². The molecule has 1 unspecified atom stereocenters. The molecule has 1 fully saturated rings. The number of urea groups is 1. The van der Waals surface area contributed by atoms with Crippen LogP contribution in [0.4, 0.5) is 10.6 Å². The van der Waals surface area contributed by atoms with Gasteiger partial charge in [-0.05, 0) is 78.8 Å². The average molecular weight is 834 g/mol. The van der Waals surface area contributed by atoms with E-state index in [9.17, 15) is 4.79 Å². The maximum atomic E-state index is 13.7. The molecule has 2 aliphatic rings. The lowest BCUT2D eigenvalue weighted by Crippen LogP contribution is -2.56. The molecule has 2 N–H and O–H groups in total. The predicted octanol–water partition coefficient (Wildman–Crippen LogP) is 9.61. The number of nitrogens with one attached hydrogen (secondary N) is 2. The molecular formula is C47H67N9O3Si. The minimum absolute atomic E-state index is 0.173. The first-order valence-electron chi connectivity index (χ1n) is 21.9. The number of aryl methyl sites for hydroxylation is 1. The topological polar surface area (TPSA) is 114 Å². The van der Waals surface area contributed by atoms with Crippen LogP contribution < -0.4 is 15.4 Å². The van der Waals surface area contributed by atoms with Gasteiger partial charge in [0, 0.05) is 37.2 Å². The summed E-state index contributed by atoms with van der Waals surface area (Å²) in [7, 11) is 0.265. The molecule has 2 amide bonds. The van der Waals surface area contributed by atoms with Crippen molar-refractivity contribution in [3.63, 3.8) is 0 Å². The molecule has 12 nitrogen and oxygen atoms in total. The van der Waals surface area contributed by atoms with Crippen LogP contribution in [0, 0.1) is 6.92 Å². The number of nitrogens with zero attached hydrogens (tertiary/aromatic N) is 7. The van der Waals surface area contributed by atoms with Gasteiger partial charge in [0.05, 0.1) is 36.8 Å². The summed E-state index contributed by atoms with van der Waals surface area (Å²) in [5.74, 6) is 2.28. The maximum absolute atomic E-state index is 13.7. The van der Waals surface area contributed by atoms with Gasteiger partial charge in [0.2, 0.25) is 0 Å². The number of ether oxygens (including phenoxy) is 1. The highest BCUT2D eigenvalue weighted by molar-refractivity contribution is 6.77. The summed E-state index contributed by atoms with van der Waals surface area (Å²) in [5.41, 5.74) is 7.36. The molecule has 1 aliphatic carbocycles. The second-order valence-electron chi connectivity index (χ2n) is 19.1. The van der Waals surface area contributed by atoms with Gasteiger partial charge in [-0.1, -0.05) is 104 Å². The van der Waals surface area contributed by atoms with Crippen LogP contribution >= 0.6 is 0 Å². The van der Waals surface area contributed by atoms with E-state index >= 15 is 0 Å². The van der Waals surface area contributed by atoms with Crippen LogP contribution in [0.2, 0.25) is 16.6 Å². The Morgan fingerprint density at radius 3 is 2.28 bits per heavy atom. The van der Waals surface area contributed by atoms with E-state index in [-0.39, 0.29) is 23.6 Å². The molecule has 1 saturated heterocycles. The number of carbonyl (C=O) groups is 1. The fraction of sp³-hybridized carbons (Fsp3) is 0.532. The minimum Gasteiger partial charge on any atom is -0.484 e. The molecule has 3 atom stereocenters. The Bertz CT molecular complexity index is 2220. The number of anilines is 1. The first kappa shape index (κ1) is 43.5. The van der Waals surface area contributed by atoms with E-state index in [1.54, 1.807) is 0 Å². The standard InChI is InChI=1S/C47H67N9O3Si/c1-31(2)60(32(3)4,33(5)6)58-30-36-27-54(25-24-53(36)11)29-45-51-50-43-23-20-37(28-55(43)45)59-41-22-21-40(38-14-12-13-15-39(38)41)48-46(57)49-44-26-42(47(8,9)10)52-56(44)35-18-16-34(7)17-19-35/h12-20,23,26,28,31-33,36,40-41H,21-22,24-25,27,29-30H2,1-11H3,(H2,48,49,57)/t36?,40-,41+/m0/s1. The number of hydrogen-bond acceptors (Lipinski definition) is 8. The number of carbonyl (C=O) groups excluding carboxylic acids is 1. The van der Waals surface area contributed by atoms with Crippen LogP contribution in [0.1, 0.15) is 116 Å². The summed E-state index contributed by atoms with van der Waals surface area (Å²) in [6.45, 7) is 26.9. The third-order valence-electron chi connectivity index (χ3n) is 12.9. The first-order chi connectivity index (χ1) is 28.5. The summed E-state index contributed by atoms with van der Waals surface area (Å²) in [6, 6.07) is 22.2. The van der Waals surface area contributed by atoms with Crippen LogP contribution in [0.5, 0.6) is 5.75 Å². The van der Waals surface area contributed by atoms with Crippen molar-refractivity contribution in [3.05, 3.63) is 101 Å². The Hall–Kier alpha value is -4.56. The number of benzene rings is 2. The smallest absolute Gasteiger partial charge is 0.320 e. The Morgan fingerprint density at radius 2 is 1.60 bits per heavy atom. The van der Waals surface area contributed by atoms with Crippen molar-refractivity contribution >= 4 is 25.8 Å².